The minimum absolute atomic E-state index is 0.0390. The van der Waals surface area contributed by atoms with Crippen molar-refractivity contribution in [1.82, 2.24) is 10.2 Å². The van der Waals surface area contributed by atoms with Gasteiger partial charge in [-0.2, -0.15) is 0 Å². The molecule has 3 rings (SSSR count). The summed E-state index contributed by atoms with van der Waals surface area (Å²) in [7, 11) is 1.36. The third kappa shape index (κ3) is 3.46. The maximum Gasteiger partial charge on any atom is 0.328 e. The van der Waals surface area contributed by atoms with Crippen LogP contribution in [-0.4, -0.2) is 61.6 Å². The molecule has 2 heterocycles. The lowest BCUT2D eigenvalue weighted by Crippen LogP contribution is -2.59. The maximum absolute atomic E-state index is 13.4. The van der Waals surface area contributed by atoms with Gasteiger partial charge in [0.2, 0.25) is 11.8 Å². The van der Waals surface area contributed by atoms with E-state index < -0.39 is 17.5 Å². The van der Waals surface area contributed by atoms with Crippen LogP contribution in [0.5, 0.6) is 0 Å². The van der Waals surface area contributed by atoms with Crippen LogP contribution in [0.25, 0.3) is 0 Å². The molecule has 5 atom stereocenters. The number of nitrogens with zero attached hydrogens (tertiary/aromatic N) is 1. The van der Waals surface area contributed by atoms with Gasteiger partial charge in [0.25, 0.3) is 0 Å². The van der Waals surface area contributed by atoms with Crippen LogP contribution < -0.4 is 5.32 Å². The molecule has 0 bridgehead atoms. The van der Waals surface area contributed by atoms with Crippen LogP contribution in [0, 0.1) is 28.6 Å². The molecular formula is C20H32N2O5. The van der Waals surface area contributed by atoms with Crippen LogP contribution in [0.1, 0.15) is 41.0 Å². The summed E-state index contributed by atoms with van der Waals surface area (Å²) < 4.78 is 10.3. The average Bonchev–Trinajstić information content (AvgIpc) is 3.06. The first-order chi connectivity index (χ1) is 12.5. The van der Waals surface area contributed by atoms with Crippen LogP contribution in [0.4, 0.5) is 0 Å². The Hall–Kier alpha value is -1.63. The Labute approximate surface area is 161 Å². The fraction of sp³-hybridized carbons (Fsp3) is 0.850. The van der Waals surface area contributed by atoms with Gasteiger partial charge < -0.3 is 19.7 Å². The molecule has 1 aliphatic carbocycles. The van der Waals surface area contributed by atoms with Gasteiger partial charge in [0.05, 0.1) is 19.6 Å². The van der Waals surface area contributed by atoms with Crippen molar-refractivity contribution in [3.8, 4) is 0 Å². The Balaban J connectivity index is 1.79. The van der Waals surface area contributed by atoms with Crippen LogP contribution in [-0.2, 0) is 23.9 Å². The molecule has 0 aromatic carbocycles. The normalized spacial score (nSPS) is 32.6. The number of carbonyl (C=O) groups excluding carboxylic acids is 3. The number of ether oxygens (including phenoxy) is 2. The first kappa shape index (κ1) is 20.1. The Bertz CT molecular complexity index is 633. The summed E-state index contributed by atoms with van der Waals surface area (Å²) in [6.45, 7) is 11.5. The van der Waals surface area contributed by atoms with Crippen molar-refractivity contribution in [2.24, 2.45) is 28.6 Å². The fourth-order valence-electron chi connectivity index (χ4n) is 4.72. The topological polar surface area (TPSA) is 84.9 Å². The Morgan fingerprint density at radius 2 is 1.93 bits per heavy atom. The highest BCUT2D eigenvalue weighted by molar-refractivity contribution is 5.93. The predicted molar refractivity (Wildman–Crippen MR) is 98.6 cm³/mol. The zero-order valence-corrected chi connectivity index (χ0v) is 17.2. The number of methoxy groups -OCH3 is 1. The van der Waals surface area contributed by atoms with Gasteiger partial charge in [0, 0.05) is 19.1 Å². The van der Waals surface area contributed by atoms with Gasteiger partial charge in [-0.1, -0.05) is 34.6 Å². The Morgan fingerprint density at radius 3 is 2.44 bits per heavy atom. The van der Waals surface area contributed by atoms with Crippen LogP contribution >= 0.6 is 0 Å². The highest BCUT2D eigenvalue weighted by atomic mass is 16.5. The summed E-state index contributed by atoms with van der Waals surface area (Å²) in [6, 6.07) is -1.27. The van der Waals surface area contributed by atoms with Gasteiger partial charge in [-0.15, -0.1) is 0 Å². The molecule has 152 valence electrons. The molecule has 2 saturated heterocycles. The van der Waals surface area contributed by atoms with Crippen molar-refractivity contribution < 1.29 is 23.9 Å². The predicted octanol–water partition coefficient (Wildman–Crippen LogP) is 1.21. The van der Waals surface area contributed by atoms with E-state index in [1.54, 1.807) is 4.90 Å². The van der Waals surface area contributed by atoms with Crippen molar-refractivity contribution in [1.29, 1.82) is 0 Å². The Kier molecular flexibility index (Phi) is 5.04. The van der Waals surface area contributed by atoms with E-state index in [2.05, 4.69) is 19.2 Å². The highest BCUT2D eigenvalue weighted by Crippen LogP contribution is 2.65. The van der Waals surface area contributed by atoms with Crippen molar-refractivity contribution in [3.63, 3.8) is 0 Å². The molecule has 7 nitrogen and oxygen atoms in total. The Morgan fingerprint density at radius 1 is 1.26 bits per heavy atom. The van der Waals surface area contributed by atoms with Crippen molar-refractivity contribution in [3.05, 3.63) is 0 Å². The van der Waals surface area contributed by atoms with Gasteiger partial charge in [-0.3, -0.25) is 9.59 Å². The summed E-state index contributed by atoms with van der Waals surface area (Å²) in [5.74, 6) is -0.527. The van der Waals surface area contributed by atoms with E-state index in [1.165, 1.54) is 7.11 Å². The van der Waals surface area contributed by atoms with Gasteiger partial charge in [0.15, 0.2) is 0 Å². The molecule has 7 heteroatoms. The van der Waals surface area contributed by atoms with Crippen LogP contribution in [0.15, 0.2) is 0 Å². The second-order valence-electron chi connectivity index (χ2n) is 9.78. The number of esters is 1. The minimum atomic E-state index is -0.696. The molecule has 27 heavy (non-hydrogen) atoms. The smallest absolute Gasteiger partial charge is 0.328 e. The van der Waals surface area contributed by atoms with Gasteiger partial charge >= 0.3 is 5.97 Å². The maximum atomic E-state index is 13.4. The van der Waals surface area contributed by atoms with Crippen molar-refractivity contribution in [2.75, 3.05) is 26.9 Å². The molecule has 2 aliphatic heterocycles. The first-order valence-electron chi connectivity index (χ1n) is 9.76. The number of likely N-dealkylation sites (tertiary alicyclic amines) is 1. The number of fused-ring (bicyclic) bond motifs is 1. The number of hydrogen-bond acceptors (Lipinski definition) is 5. The number of piperidine rings is 1. The molecule has 0 spiro atoms. The number of rotatable bonds is 4. The van der Waals surface area contributed by atoms with Crippen molar-refractivity contribution in [2.45, 2.75) is 53.1 Å². The molecule has 0 radical (unpaired) electrons. The molecule has 1 N–H and O–H groups in total. The number of amides is 2. The van der Waals surface area contributed by atoms with Crippen molar-refractivity contribution >= 4 is 17.8 Å². The third-order valence-corrected chi connectivity index (χ3v) is 6.63. The SMILES string of the molecule is COC(=O)[C@@H]1[C@@H]2[C@H](CN1C(=O)[C@@H](NC(=O)C1CCOC1)C(C)(C)C)C2(C)C. The lowest BCUT2D eigenvalue weighted by atomic mass is 9.84. The van der Waals surface area contributed by atoms with E-state index in [4.69, 9.17) is 9.47 Å². The summed E-state index contributed by atoms with van der Waals surface area (Å²) >= 11 is 0. The van der Waals surface area contributed by atoms with E-state index in [9.17, 15) is 14.4 Å². The van der Waals surface area contributed by atoms with E-state index in [-0.39, 0.29) is 35.0 Å². The molecule has 0 aromatic heterocycles. The standard InChI is InChI=1S/C20H32N2O5/c1-19(2,3)15(21-16(23)11-7-8-27-10-11)17(24)22-9-12-13(20(12,4)5)14(22)18(25)26-6/h11-15H,7-10H2,1-6H3,(H,21,23)/t11?,12-,13-,14-,15+/m0/s1. The van der Waals surface area contributed by atoms with Crippen LogP contribution in [0.3, 0.4) is 0 Å². The zero-order valence-electron chi connectivity index (χ0n) is 17.2. The van der Waals surface area contributed by atoms with Crippen LogP contribution in [0.2, 0.25) is 0 Å². The number of carbonyl (C=O) groups is 3. The average molecular weight is 380 g/mol. The zero-order chi connectivity index (χ0) is 20.1. The molecule has 1 saturated carbocycles. The van der Waals surface area contributed by atoms with Gasteiger partial charge in [-0.05, 0) is 23.2 Å². The van der Waals surface area contributed by atoms with E-state index in [1.807, 2.05) is 20.8 Å². The summed E-state index contributed by atoms with van der Waals surface area (Å²) in [5.41, 5.74) is -0.438. The van der Waals surface area contributed by atoms with Gasteiger partial charge in [-0.25, -0.2) is 4.79 Å². The number of nitrogens with one attached hydrogen (secondary N) is 1. The minimum Gasteiger partial charge on any atom is -0.467 e. The third-order valence-electron chi connectivity index (χ3n) is 6.63. The van der Waals surface area contributed by atoms with E-state index in [0.717, 1.165) is 0 Å². The fourth-order valence-corrected chi connectivity index (χ4v) is 4.72. The summed E-state index contributed by atoms with van der Waals surface area (Å²) in [4.78, 5) is 40.1. The molecular weight excluding hydrogens is 348 g/mol. The molecule has 0 aromatic rings. The first-order valence-corrected chi connectivity index (χ1v) is 9.76. The number of hydrogen-bond donors (Lipinski definition) is 1. The summed E-state index contributed by atoms with van der Waals surface area (Å²) in [5, 5.41) is 2.94. The largest absolute Gasteiger partial charge is 0.467 e. The molecule has 1 unspecified atom stereocenters. The van der Waals surface area contributed by atoms with Gasteiger partial charge in [0.1, 0.15) is 12.1 Å². The molecule has 3 fully saturated rings. The molecule has 3 aliphatic rings. The second-order valence-corrected chi connectivity index (χ2v) is 9.78. The lowest BCUT2D eigenvalue weighted by molar-refractivity contribution is -0.155. The van der Waals surface area contributed by atoms with E-state index >= 15 is 0 Å². The lowest BCUT2D eigenvalue weighted by Gasteiger charge is -2.37. The quantitative estimate of drug-likeness (QED) is 0.741. The molecule has 2 amide bonds. The summed E-state index contributed by atoms with van der Waals surface area (Å²) in [6.07, 6.45) is 0.670. The highest BCUT2D eigenvalue weighted by Gasteiger charge is 2.70. The monoisotopic (exact) mass is 380 g/mol. The second kappa shape index (κ2) is 6.76. The van der Waals surface area contributed by atoms with E-state index in [0.29, 0.717) is 32.1 Å².